The number of pyridine rings is 1. The lowest BCUT2D eigenvalue weighted by Crippen LogP contribution is -2.24. The van der Waals surface area contributed by atoms with Gasteiger partial charge in [-0.25, -0.2) is 0 Å². The van der Waals surface area contributed by atoms with Crippen molar-refractivity contribution in [1.82, 2.24) is 20.5 Å². The number of nitrogens with zero attached hydrogens (tertiary/aromatic N) is 3. The molecule has 2 N–H and O–H groups in total. The van der Waals surface area contributed by atoms with E-state index in [2.05, 4.69) is 20.5 Å². The second-order valence-electron chi connectivity index (χ2n) is 3.75. The van der Waals surface area contributed by atoms with Crippen LogP contribution in [0.1, 0.15) is 16.1 Å². The van der Waals surface area contributed by atoms with E-state index in [4.69, 9.17) is 4.74 Å². The average Bonchev–Trinajstić information content (AvgIpc) is 2.90. The first-order valence-corrected chi connectivity index (χ1v) is 5.57. The SMILES string of the molecule is COc1n[nH]c(C(=O)NCc2ccncc2)c1[N+](=O)[O-]. The lowest BCUT2D eigenvalue weighted by Gasteiger charge is -2.03. The van der Waals surface area contributed by atoms with Gasteiger partial charge < -0.3 is 10.1 Å². The van der Waals surface area contributed by atoms with Gasteiger partial charge in [-0.05, 0) is 17.7 Å². The number of carbonyl (C=O) groups excluding carboxylic acids is 1. The van der Waals surface area contributed by atoms with E-state index in [0.29, 0.717) is 0 Å². The van der Waals surface area contributed by atoms with E-state index in [9.17, 15) is 14.9 Å². The average molecular weight is 277 g/mol. The van der Waals surface area contributed by atoms with Gasteiger partial charge in [-0.3, -0.25) is 25.0 Å². The number of H-pyrrole nitrogens is 1. The number of nitrogens with one attached hydrogen (secondary N) is 2. The Hall–Kier alpha value is -2.97. The van der Waals surface area contributed by atoms with E-state index >= 15 is 0 Å². The molecule has 104 valence electrons. The van der Waals surface area contributed by atoms with E-state index in [1.54, 1.807) is 24.5 Å². The number of aromatic amines is 1. The van der Waals surface area contributed by atoms with Crippen molar-refractivity contribution in [3.05, 3.63) is 45.9 Å². The zero-order valence-corrected chi connectivity index (χ0v) is 10.5. The fraction of sp³-hybridized carbons (Fsp3) is 0.182. The highest BCUT2D eigenvalue weighted by molar-refractivity contribution is 5.97. The van der Waals surface area contributed by atoms with E-state index < -0.39 is 16.5 Å². The summed E-state index contributed by atoms with van der Waals surface area (Å²) in [6.45, 7) is 0.222. The first kappa shape index (κ1) is 13.5. The molecule has 20 heavy (non-hydrogen) atoms. The number of carbonyl (C=O) groups is 1. The van der Waals surface area contributed by atoms with Crippen LogP contribution in [0.2, 0.25) is 0 Å². The van der Waals surface area contributed by atoms with Crippen LogP contribution in [-0.4, -0.2) is 33.1 Å². The zero-order valence-electron chi connectivity index (χ0n) is 10.5. The smallest absolute Gasteiger partial charge is 0.362 e. The maximum atomic E-state index is 11.9. The second-order valence-corrected chi connectivity index (χ2v) is 3.75. The van der Waals surface area contributed by atoms with Crippen LogP contribution in [0, 0.1) is 10.1 Å². The summed E-state index contributed by atoms with van der Waals surface area (Å²) in [5.41, 5.74) is 0.0862. The van der Waals surface area contributed by atoms with Crippen LogP contribution in [-0.2, 0) is 6.54 Å². The highest BCUT2D eigenvalue weighted by Crippen LogP contribution is 2.27. The molecule has 0 saturated heterocycles. The normalized spacial score (nSPS) is 10.1. The fourth-order valence-corrected chi connectivity index (χ4v) is 1.56. The summed E-state index contributed by atoms with van der Waals surface area (Å²) in [4.78, 5) is 26.0. The third kappa shape index (κ3) is 2.71. The summed E-state index contributed by atoms with van der Waals surface area (Å²) in [5.74, 6) is -0.867. The quantitative estimate of drug-likeness (QED) is 0.611. The molecule has 0 aliphatic rings. The minimum absolute atomic E-state index is 0.222. The molecule has 2 heterocycles. The lowest BCUT2D eigenvalue weighted by molar-refractivity contribution is -0.386. The molecule has 0 radical (unpaired) electrons. The van der Waals surface area contributed by atoms with Crippen LogP contribution in [0.15, 0.2) is 24.5 Å². The monoisotopic (exact) mass is 277 g/mol. The van der Waals surface area contributed by atoms with Crippen LogP contribution >= 0.6 is 0 Å². The molecule has 0 aromatic carbocycles. The Balaban J connectivity index is 2.14. The van der Waals surface area contributed by atoms with Gasteiger partial charge in [-0.2, -0.15) is 0 Å². The molecule has 0 aliphatic carbocycles. The van der Waals surface area contributed by atoms with Crippen LogP contribution in [0.3, 0.4) is 0 Å². The number of aromatic nitrogens is 3. The molecule has 0 atom stereocenters. The number of rotatable bonds is 5. The summed E-state index contributed by atoms with van der Waals surface area (Å²) < 4.78 is 4.73. The van der Waals surface area contributed by atoms with Crippen LogP contribution < -0.4 is 10.1 Å². The number of hydrogen-bond donors (Lipinski definition) is 2. The Kier molecular flexibility index (Phi) is 3.89. The molecule has 0 fully saturated rings. The van der Waals surface area contributed by atoms with Gasteiger partial charge in [0.25, 0.3) is 5.91 Å². The van der Waals surface area contributed by atoms with Crippen molar-refractivity contribution in [2.24, 2.45) is 0 Å². The van der Waals surface area contributed by atoms with E-state index in [1.807, 2.05) is 0 Å². The number of methoxy groups -OCH3 is 1. The Morgan fingerprint density at radius 3 is 2.80 bits per heavy atom. The van der Waals surface area contributed by atoms with Gasteiger partial charge >= 0.3 is 11.6 Å². The largest absolute Gasteiger partial charge is 0.475 e. The molecule has 2 aromatic heterocycles. The van der Waals surface area contributed by atoms with Gasteiger partial charge in [0.05, 0.1) is 12.0 Å². The highest BCUT2D eigenvalue weighted by atomic mass is 16.6. The second kappa shape index (κ2) is 5.78. The predicted octanol–water partition coefficient (Wildman–Crippen LogP) is 0.651. The van der Waals surface area contributed by atoms with Crippen molar-refractivity contribution in [2.45, 2.75) is 6.54 Å². The maximum Gasteiger partial charge on any atom is 0.362 e. The molecule has 9 nitrogen and oxygen atoms in total. The van der Waals surface area contributed by atoms with Gasteiger partial charge in [-0.15, -0.1) is 5.10 Å². The summed E-state index contributed by atoms with van der Waals surface area (Å²) in [6, 6.07) is 3.45. The number of hydrogen-bond acceptors (Lipinski definition) is 6. The Bertz CT molecular complexity index is 625. The van der Waals surface area contributed by atoms with Crippen molar-refractivity contribution in [3.63, 3.8) is 0 Å². The Labute approximate surface area is 113 Å². The molecule has 0 aliphatic heterocycles. The van der Waals surface area contributed by atoms with Gasteiger partial charge in [0.15, 0.2) is 0 Å². The summed E-state index contributed by atoms with van der Waals surface area (Å²) in [7, 11) is 1.24. The maximum absolute atomic E-state index is 11.9. The summed E-state index contributed by atoms with van der Waals surface area (Å²) in [5, 5.41) is 19.3. The molecule has 1 amide bonds. The summed E-state index contributed by atoms with van der Waals surface area (Å²) in [6.07, 6.45) is 3.17. The molecule has 0 bridgehead atoms. The fourth-order valence-electron chi connectivity index (χ4n) is 1.56. The molecule has 0 saturated carbocycles. The van der Waals surface area contributed by atoms with Gasteiger partial charge in [0.1, 0.15) is 0 Å². The topological polar surface area (TPSA) is 123 Å². The zero-order chi connectivity index (χ0) is 14.5. The molecule has 9 heteroatoms. The molecule has 2 aromatic rings. The standard InChI is InChI=1S/C11H11N5O4/c1-20-11-9(16(18)19)8(14-15-11)10(17)13-6-7-2-4-12-5-3-7/h2-5H,6H2,1H3,(H,13,17)(H,14,15). The Morgan fingerprint density at radius 2 is 2.20 bits per heavy atom. The minimum Gasteiger partial charge on any atom is -0.475 e. The predicted molar refractivity (Wildman–Crippen MR) is 67.2 cm³/mol. The summed E-state index contributed by atoms with van der Waals surface area (Å²) >= 11 is 0. The first-order valence-electron chi connectivity index (χ1n) is 5.57. The van der Waals surface area contributed by atoms with Crippen molar-refractivity contribution in [2.75, 3.05) is 7.11 Å². The Morgan fingerprint density at radius 1 is 1.50 bits per heavy atom. The molecule has 0 unspecified atom stereocenters. The van der Waals surface area contributed by atoms with Crippen molar-refractivity contribution in [3.8, 4) is 5.88 Å². The van der Waals surface area contributed by atoms with E-state index in [-0.39, 0.29) is 18.1 Å². The van der Waals surface area contributed by atoms with Crippen molar-refractivity contribution >= 4 is 11.6 Å². The van der Waals surface area contributed by atoms with Crippen molar-refractivity contribution < 1.29 is 14.5 Å². The molecular formula is C11H11N5O4. The molecule has 2 rings (SSSR count). The van der Waals surface area contributed by atoms with Gasteiger partial charge in [-0.1, -0.05) is 0 Å². The third-order valence-corrected chi connectivity index (χ3v) is 2.51. The van der Waals surface area contributed by atoms with E-state index in [0.717, 1.165) is 5.56 Å². The molecule has 0 spiro atoms. The number of ether oxygens (including phenoxy) is 1. The van der Waals surface area contributed by atoms with Gasteiger partial charge in [0, 0.05) is 18.9 Å². The third-order valence-electron chi connectivity index (χ3n) is 2.51. The van der Waals surface area contributed by atoms with Crippen molar-refractivity contribution in [1.29, 1.82) is 0 Å². The lowest BCUT2D eigenvalue weighted by atomic mass is 10.2. The van der Waals surface area contributed by atoms with Crippen LogP contribution in [0.4, 0.5) is 5.69 Å². The van der Waals surface area contributed by atoms with E-state index in [1.165, 1.54) is 7.11 Å². The van der Waals surface area contributed by atoms with Crippen LogP contribution in [0.25, 0.3) is 0 Å². The van der Waals surface area contributed by atoms with Crippen LogP contribution in [0.5, 0.6) is 5.88 Å². The highest BCUT2D eigenvalue weighted by Gasteiger charge is 2.29. The minimum atomic E-state index is -0.719. The van der Waals surface area contributed by atoms with Gasteiger partial charge in [0.2, 0.25) is 5.69 Å². The number of nitro groups is 1. The first-order chi connectivity index (χ1) is 9.63. The number of amides is 1. The molecular weight excluding hydrogens is 266 g/mol.